The van der Waals surface area contributed by atoms with E-state index in [1.54, 1.807) is 0 Å². The van der Waals surface area contributed by atoms with E-state index in [9.17, 15) is 24.5 Å². The average molecular weight is 529 g/mol. The summed E-state index contributed by atoms with van der Waals surface area (Å²) in [7, 11) is -9.72. The van der Waals surface area contributed by atoms with Crippen LogP contribution in [0.15, 0.2) is 35.2 Å². The number of anilines is 1. The van der Waals surface area contributed by atoms with Crippen molar-refractivity contribution in [1.82, 2.24) is 15.0 Å². The summed E-state index contributed by atoms with van der Waals surface area (Å²) in [5.74, 6) is 0.190. The zero-order valence-electron chi connectivity index (χ0n) is 17.1. The van der Waals surface area contributed by atoms with Gasteiger partial charge in [-0.15, -0.1) is 0 Å². The van der Waals surface area contributed by atoms with Crippen molar-refractivity contribution in [3.63, 3.8) is 0 Å². The molecule has 15 heteroatoms. The second-order valence-corrected chi connectivity index (χ2v) is 10.8. The van der Waals surface area contributed by atoms with Crippen LogP contribution in [0.5, 0.6) is 6.01 Å². The maximum atomic E-state index is 12.9. The van der Waals surface area contributed by atoms with E-state index in [0.717, 1.165) is 12.1 Å². The monoisotopic (exact) mass is 528 g/mol. The van der Waals surface area contributed by atoms with Gasteiger partial charge in [0.2, 0.25) is 0 Å². The largest absolute Gasteiger partial charge is 0.456 e. The van der Waals surface area contributed by atoms with Crippen LogP contribution in [-0.2, 0) is 16.0 Å². The molecule has 1 aromatic carbocycles. The molecule has 34 heavy (non-hydrogen) atoms. The summed E-state index contributed by atoms with van der Waals surface area (Å²) < 4.78 is 81.1. The molecule has 2 aliphatic heterocycles. The predicted octanol–water partition coefficient (Wildman–Crippen LogP) is 4.79. The third kappa shape index (κ3) is 4.60. The Bertz CT molecular complexity index is 1240. The summed E-state index contributed by atoms with van der Waals surface area (Å²) >= 11 is 6.24. The first-order valence-corrected chi connectivity index (χ1v) is 12.3. The third-order valence-electron chi connectivity index (χ3n) is 5.48. The molecule has 2 saturated heterocycles. The van der Waals surface area contributed by atoms with Crippen molar-refractivity contribution in [1.29, 1.82) is 0 Å². The SMILES string of the molecule is O[C@@H]1CO[C@H]2[C@@H]1OC[C@H]2Oc1nc2nc(NCc3ccc(S(F)(F)(F)(F)F)cc3)c(Cl)cc2[nH]1. The second kappa shape index (κ2) is 7.31. The highest BCUT2D eigenvalue weighted by Gasteiger charge is 2.65. The topological polar surface area (TPSA) is 102 Å². The fourth-order valence-electron chi connectivity index (χ4n) is 3.81. The number of nitrogens with zero attached hydrogens (tertiary/aromatic N) is 2. The molecule has 0 radical (unpaired) electrons. The third-order valence-corrected chi connectivity index (χ3v) is 6.93. The molecule has 3 aromatic rings. The number of ether oxygens (including phenoxy) is 3. The van der Waals surface area contributed by atoms with E-state index in [-0.39, 0.29) is 42.3 Å². The highest BCUT2D eigenvalue weighted by molar-refractivity contribution is 8.45. The van der Waals surface area contributed by atoms with Crippen molar-refractivity contribution in [2.45, 2.75) is 35.9 Å². The van der Waals surface area contributed by atoms with Gasteiger partial charge in [-0.1, -0.05) is 43.2 Å². The Kier molecular flexibility index (Phi) is 5.02. The van der Waals surface area contributed by atoms with Crippen LogP contribution in [0.3, 0.4) is 0 Å². The quantitative estimate of drug-likeness (QED) is 0.396. The van der Waals surface area contributed by atoms with Gasteiger partial charge >= 0.3 is 10.2 Å². The summed E-state index contributed by atoms with van der Waals surface area (Å²) in [6.45, 7) is 0.351. The van der Waals surface area contributed by atoms with E-state index in [2.05, 4.69) is 20.3 Å². The number of aromatic nitrogens is 3. The normalized spacial score (nSPS) is 26.8. The van der Waals surface area contributed by atoms with Crippen LogP contribution >= 0.6 is 21.8 Å². The molecule has 0 aliphatic carbocycles. The van der Waals surface area contributed by atoms with Crippen molar-refractivity contribution >= 4 is 38.8 Å². The molecular formula is C19H18ClF5N4O4S. The van der Waals surface area contributed by atoms with Gasteiger partial charge in [-0.25, -0.2) is 4.98 Å². The number of benzene rings is 1. The van der Waals surface area contributed by atoms with Crippen LogP contribution in [0.1, 0.15) is 5.56 Å². The number of rotatable bonds is 6. The molecule has 2 fully saturated rings. The van der Waals surface area contributed by atoms with Gasteiger partial charge in [0.15, 0.2) is 11.8 Å². The van der Waals surface area contributed by atoms with Gasteiger partial charge in [-0.2, -0.15) is 4.98 Å². The Morgan fingerprint density at radius 3 is 2.50 bits per heavy atom. The van der Waals surface area contributed by atoms with Crippen LogP contribution in [0, 0.1) is 0 Å². The summed E-state index contributed by atoms with van der Waals surface area (Å²) in [6.07, 6.45) is -2.09. The average Bonchev–Trinajstić information content (AvgIpc) is 3.42. The number of aromatic amines is 1. The molecule has 186 valence electrons. The number of aliphatic hydroxyl groups excluding tert-OH is 1. The predicted molar refractivity (Wildman–Crippen MR) is 114 cm³/mol. The summed E-state index contributed by atoms with van der Waals surface area (Å²) in [5.41, 5.74) is 1.03. The van der Waals surface area contributed by atoms with Gasteiger partial charge < -0.3 is 29.6 Å². The molecule has 5 rings (SSSR count). The van der Waals surface area contributed by atoms with Gasteiger partial charge in [0, 0.05) is 6.54 Å². The molecule has 8 nitrogen and oxygen atoms in total. The Morgan fingerprint density at radius 2 is 1.79 bits per heavy atom. The number of nitrogens with one attached hydrogen (secondary N) is 2. The van der Waals surface area contributed by atoms with Gasteiger partial charge in [0.25, 0.3) is 6.01 Å². The van der Waals surface area contributed by atoms with Crippen LogP contribution in [-0.4, -0.2) is 57.7 Å². The molecule has 0 spiro atoms. The number of hydrogen-bond acceptors (Lipinski definition) is 7. The van der Waals surface area contributed by atoms with Gasteiger partial charge in [0.1, 0.15) is 29.0 Å². The number of imidazole rings is 1. The highest BCUT2D eigenvalue weighted by Crippen LogP contribution is 3.02. The van der Waals surface area contributed by atoms with Crippen molar-refractivity contribution in [2.24, 2.45) is 0 Å². The number of fused-ring (bicyclic) bond motifs is 2. The summed E-state index contributed by atoms with van der Waals surface area (Å²) in [4.78, 5) is 9.51. The number of H-pyrrole nitrogens is 1. The number of halogens is 6. The lowest BCUT2D eigenvalue weighted by molar-refractivity contribution is 0.00706. The van der Waals surface area contributed by atoms with Crippen molar-refractivity contribution in [3.05, 3.63) is 40.9 Å². The van der Waals surface area contributed by atoms with Gasteiger partial charge in [-0.05, 0) is 23.8 Å². The molecule has 3 N–H and O–H groups in total. The van der Waals surface area contributed by atoms with Crippen molar-refractivity contribution < 1.29 is 38.7 Å². The molecule has 0 saturated carbocycles. The fraction of sp³-hybridized carbons (Fsp3) is 0.368. The molecule has 2 aliphatic rings. The van der Waals surface area contributed by atoms with Crippen molar-refractivity contribution in [2.75, 3.05) is 18.5 Å². The number of aliphatic hydroxyl groups is 1. The lowest BCUT2D eigenvalue weighted by Crippen LogP contribution is -2.34. The van der Waals surface area contributed by atoms with E-state index in [4.69, 9.17) is 25.8 Å². The van der Waals surface area contributed by atoms with E-state index >= 15 is 0 Å². The lowest BCUT2D eigenvalue weighted by atomic mass is 10.1. The molecule has 0 unspecified atom stereocenters. The Morgan fingerprint density at radius 1 is 1.09 bits per heavy atom. The zero-order chi connectivity index (χ0) is 24.4. The summed E-state index contributed by atoms with van der Waals surface area (Å²) in [5, 5.41) is 12.9. The Labute approximate surface area is 194 Å². The van der Waals surface area contributed by atoms with E-state index < -0.39 is 39.5 Å². The summed E-state index contributed by atoms with van der Waals surface area (Å²) in [6, 6.07) is 4.27. The van der Waals surface area contributed by atoms with Gasteiger partial charge in [-0.3, -0.25) is 0 Å². The highest BCUT2D eigenvalue weighted by atomic mass is 35.5. The first kappa shape index (κ1) is 23.4. The van der Waals surface area contributed by atoms with E-state index in [0.29, 0.717) is 23.2 Å². The van der Waals surface area contributed by atoms with E-state index in [1.807, 2.05) is 0 Å². The standard InChI is InChI=1S/C19H18ClF5N4O4S/c20-11-5-12-18(29-19(27-12)33-14-8-32-15-13(30)7-31-16(14)15)28-17(11)26-6-9-1-3-10(4-2-9)34(21,22,23,24)25/h1-5,13-16,30H,6-8H2,(H2,26,27,28,29)/t13-,14-,15-,16-/m1/s1. The maximum Gasteiger partial charge on any atom is 0.310 e. The second-order valence-electron chi connectivity index (χ2n) is 8.02. The van der Waals surface area contributed by atoms with E-state index in [1.165, 1.54) is 6.07 Å². The number of pyridine rings is 1. The first-order valence-electron chi connectivity index (χ1n) is 9.98. The Balaban J connectivity index is 1.28. The Hall–Kier alpha value is -2.39. The lowest BCUT2D eigenvalue weighted by Gasteiger charge is -2.40. The minimum atomic E-state index is -9.72. The van der Waals surface area contributed by atoms with Crippen LogP contribution in [0.25, 0.3) is 11.2 Å². The van der Waals surface area contributed by atoms with Crippen LogP contribution in [0.4, 0.5) is 25.2 Å². The first-order chi connectivity index (χ1) is 15.8. The molecule has 0 bridgehead atoms. The molecular weight excluding hydrogens is 511 g/mol. The van der Waals surface area contributed by atoms with Crippen LogP contribution < -0.4 is 10.1 Å². The smallest absolute Gasteiger partial charge is 0.310 e. The maximum absolute atomic E-state index is 12.9. The molecule has 0 amide bonds. The zero-order valence-corrected chi connectivity index (χ0v) is 18.6. The molecule has 2 aromatic heterocycles. The minimum absolute atomic E-state index is 0.0191. The van der Waals surface area contributed by atoms with Crippen LogP contribution in [0.2, 0.25) is 5.02 Å². The fourth-order valence-corrected chi connectivity index (χ4v) is 4.68. The van der Waals surface area contributed by atoms with Crippen molar-refractivity contribution in [3.8, 4) is 6.01 Å². The van der Waals surface area contributed by atoms with Gasteiger partial charge in [0.05, 0.1) is 23.8 Å². The molecule has 4 atom stereocenters. The molecule has 4 heterocycles. The minimum Gasteiger partial charge on any atom is -0.456 e. The number of hydrogen-bond donors (Lipinski definition) is 3.